The first kappa shape index (κ1) is 20.2. The minimum Gasteiger partial charge on any atom is -0.493 e. The molecule has 1 aromatic heterocycles. The summed E-state index contributed by atoms with van der Waals surface area (Å²) in [5.41, 5.74) is 3.34. The number of thioether (sulfide) groups is 1. The fourth-order valence-corrected chi connectivity index (χ4v) is 3.65. The van der Waals surface area contributed by atoms with Gasteiger partial charge in [-0.2, -0.15) is 4.98 Å². The van der Waals surface area contributed by atoms with Gasteiger partial charge in [-0.25, -0.2) is 0 Å². The Balaban J connectivity index is 1.73. The number of aromatic nitrogens is 3. The highest BCUT2D eigenvalue weighted by molar-refractivity contribution is 7.99. The molecule has 0 amide bonds. The van der Waals surface area contributed by atoms with E-state index in [2.05, 4.69) is 34.0 Å². The molecule has 0 saturated carbocycles. The van der Waals surface area contributed by atoms with Crippen molar-refractivity contribution in [2.75, 3.05) is 17.7 Å². The summed E-state index contributed by atoms with van der Waals surface area (Å²) in [4.78, 5) is 4.63. The lowest BCUT2D eigenvalue weighted by Gasteiger charge is -2.22. The van der Waals surface area contributed by atoms with Crippen molar-refractivity contribution in [3.63, 3.8) is 0 Å². The van der Waals surface area contributed by atoms with E-state index in [0.717, 1.165) is 35.4 Å². The van der Waals surface area contributed by atoms with Crippen LogP contribution in [0.25, 0.3) is 11.3 Å². The van der Waals surface area contributed by atoms with Gasteiger partial charge in [-0.05, 0) is 24.6 Å². The maximum absolute atomic E-state index is 6.35. The van der Waals surface area contributed by atoms with Crippen molar-refractivity contribution in [3.05, 3.63) is 66.7 Å². The molecular weight excluding hydrogens is 396 g/mol. The summed E-state index contributed by atoms with van der Waals surface area (Å²) in [6.07, 6.45) is 3.41. The molecule has 0 unspecified atom stereocenters. The molecule has 7 heteroatoms. The predicted molar refractivity (Wildman–Crippen MR) is 120 cm³/mol. The van der Waals surface area contributed by atoms with E-state index in [1.54, 1.807) is 0 Å². The van der Waals surface area contributed by atoms with Crippen LogP contribution < -0.4 is 14.8 Å². The summed E-state index contributed by atoms with van der Waals surface area (Å²) in [5.74, 6) is 1.95. The molecule has 1 N–H and O–H groups in total. The number of unbranched alkanes of at least 4 members (excludes halogenated alkanes) is 1. The minimum atomic E-state index is -0.473. The summed E-state index contributed by atoms with van der Waals surface area (Å²) in [7, 11) is 0. The van der Waals surface area contributed by atoms with Gasteiger partial charge >= 0.3 is 0 Å². The summed E-state index contributed by atoms with van der Waals surface area (Å²) in [6, 6.07) is 15.9. The van der Waals surface area contributed by atoms with Crippen molar-refractivity contribution < 1.29 is 9.47 Å². The van der Waals surface area contributed by atoms with Gasteiger partial charge in [0.15, 0.2) is 5.69 Å². The number of hydrogen-bond acceptors (Lipinski definition) is 7. The Hall–Kier alpha value is -3.06. The number of benzene rings is 2. The Morgan fingerprint density at radius 1 is 1.17 bits per heavy atom. The third-order valence-electron chi connectivity index (χ3n) is 4.62. The highest BCUT2D eigenvalue weighted by Crippen LogP contribution is 2.41. The lowest BCUT2D eigenvalue weighted by atomic mass is 10.1. The second-order valence-electron chi connectivity index (χ2n) is 6.78. The average molecular weight is 421 g/mol. The molecule has 0 aliphatic carbocycles. The van der Waals surface area contributed by atoms with E-state index in [1.807, 2.05) is 54.6 Å². The van der Waals surface area contributed by atoms with Crippen LogP contribution in [-0.4, -0.2) is 27.5 Å². The van der Waals surface area contributed by atoms with E-state index >= 15 is 0 Å². The number of fused-ring (bicyclic) bond motifs is 3. The van der Waals surface area contributed by atoms with E-state index in [-0.39, 0.29) is 0 Å². The summed E-state index contributed by atoms with van der Waals surface area (Å²) < 4.78 is 12.4. The molecule has 0 bridgehead atoms. The molecule has 4 rings (SSSR count). The largest absolute Gasteiger partial charge is 0.493 e. The Labute approximate surface area is 180 Å². The van der Waals surface area contributed by atoms with Gasteiger partial charge in [0.05, 0.1) is 12.2 Å². The quantitative estimate of drug-likeness (QED) is 0.293. The summed E-state index contributed by atoms with van der Waals surface area (Å²) >= 11 is 1.47. The molecule has 0 saturated heterocycles. The number of para-hydroxylation sites is 2. The molecule has 30 heavy (non-hydrogen) atoms. The van der Waals surface area contributed by atoms with Gasteiger partial charge in [0.25, 0.3) is 0 Å². The van der Waals surface area contributed by atoms with Crippen LogP contribution >= 0.6 is 11.8 Å². The van der Waals surface area contributed by atoms with Gasteiger partial charge in [-0.15, -0.1) is 16.8 Å². The Bertz CT molecular complexity index is 1030. The number of nitrogens with one attached hydrogen (secondary N) is 1. The minimum absolute atomic E-state index is 0.447. The molecular formula is C23H24N4O2S. The molecule has 6 nitrogen and oxygen atoms in total. The van der Waals surface area contributed by atoms with E-state index in [9.17, 15) is 0 Å². The molecule has 2 heterocycles. The van der Waals surface area contributed by atoms with Crippen LogP contribution in [0.5, 0.6) is 11.6 Å². The van der Waals surface area contributed by atoms with Gasteiger partial charge in [-0.1, -0.05) is 61.5 Å². The standard InChI is InChI=1S/C23H24N4O2S/c1-3-5-14-28-19-13-9-7-11-17(19)21-24-18-12-8-6-10-16(18)20-22(29-21)25-23(27-26-20)30-15-4-2/h4,6-13,21,24H,2-3,5,14-15H2,1H3/t21-/m0/s1. The normalized spacial score (nSPS) is 14.5. The Kier molecular flexibility index (Phi) is 6.49. The first-order valence-corrected chi connectivity index (χ1v) is 11.0. The van der Waals surface area contributed by atoms with Crippen LogP contribution in [0, 0.1) is 0 Å². The van der Waals surface area contributed by atoms with E-state index in [4.69, 9.17) is 9.47 Å². The zero-order chi connectivity index (χ0) is 20.8. The van der Waals surface area contributed by atoms with Crippen LogP contribution in [-0.2, 0) is 0 Å². The second kappa shape index (κ2) is 9.63. The van der Waals surface area contributed by atoms with Crippen molar-refractivity contribution in [1.82, 2.24) is 15.2 Å². The molecule has 2 aromatic carbocycles. The van der Waals surface area contributed by atoms with Crippen LogP contribution in [0.1, 0.15) is 31.6 Å². The molecule has 0 spiro atoms. The third-order valence-corrected chi connectivity index (χ3v) is 5.45. The SMILES string of the molecule is C=CCSc1nnc2c(n1)O[C@@H](c1ccccc1OCCCC)Nc1ccccc1-2. The van der Waals surface area contributed by atoms with Gasteiger partial charge in [0, 0.05) is 17.0 Å². The monoisotopic (exact) mass is 420 g/mol. The van der Waals surface area contributed by atoms with Crippen molar-refractivity contribution in [1.29, 1.82) is 0 Å². The maximum Gasteiger partial charge on any atom is 0.247 e. The average Bonchev–Trinajstić information content (AvgIpc) is 2.94. The maximum atomic E-state index is 6.35. The van der Waals surface area contributed by atoms with Crippen LogP contribution in [0.4, 0.5) is 5.69 Å². The summed E-state index contributed by atoms with van der Waals surface area (Å²) in [5, 5.41) is 12.7. The molecule has 3 aromatic rings. The predicted octanol–water partition coefficient (Wildman–Crippen LogP) is 5.50. The van der Waals surface area contributed by atoms with E-state index in [1.165, 1.54) is 11.8 Å². The van der Waals surface area contributed by atoms with Gasteiger partial charge in [-0.3, -0.25) is 0 Å². The fraction of sp³-hybridized carbons (Fsp3) is 0.261. The van der Waals surface area contributed by atoms with Crippen molar-refractivity contribution in [2.45, 2.75) is 31.1 Å². The molecule has 1 atom stereocenters. The molecule has 154 valence electrons. The van der Waals surface area contributed by atoms with Crippen molar-refractivity contribution in [2.24, 2.45) is 0 Å². The van der Waals surface area contributed by atoms with Crippen molar-refractivity contribution in [3.8, 4) is 22.9 Å². The van der Waals surface area contributed by atoms with Crippen LogP contribution in [0.15, 0.2) is 66.3 Å². The lowest BCUT2D eigenvalue weighted by Crippen LogP contribution is -2.18. The number of rotatable bonds is 8. The van der Waals surface area contributed by atoms with E-state index in [0.29, 0.717) is 29.1 Å². The topological polar surface area (TPSA) is 69.2 Å². The lowest BCUT2D eigenvalue weighted by molar-refractivity contribution is 0.215. The molecule has 0 fully saturated rings. The number of nitrogens with zero attached hydrogens (tertiary/aromatic N) is 3. The molecule has 1 aliphatic heterocycles. The molecule has 1 aliphatic rings. The van der Waals surface area contributed by atoms with Crippen molar-refractivity contribution >= 4 is 17.4 Å². The van der Waals surface area contributed by atoms with Gasteiger partial charge in [0.1, 0.15) is 5.75 Å². The highest BCUT2D eigenvalue weighted by atomic mass is 32.2. The van der Waals surface area contributed by atoms with Gasteiger partial charge < -0.3 is 14.8 Å². The zero-order valence-electron chi connectivity index (χ0n) is 16.9. The second-order valence-corrected chi connectivity index (χ2v) is 7.76. The highest BCUT2D eigenvalue weighted by Gasteiger charge is 2.27. The third kappa shape index (κ3) is 4.41. The number of ether oxygens (including phenoxy) is 2. The fourth-order valence-electron chi connectivity index (χ4n) is 3.14. The summed E-state index contributed by atoms with van der Waals surface area (Å²) in [6.45, 7) is 6.56. The van der Waals surface area contributed by atoms with Crippen LogP contribution in [0.3, 0.4) is 0 Å². The van der Waals surface area contributed by atoms with E-state index < -0.39 is 6.23 Å². The first-order chi connectivity index (χ1) is 14.8. The number of hydrogen-bond donors (Lipinski definition) is 1. The zero-order valence-corrected chi connectivity index (χ0v) is 17.7. The Morgan fingerprint density at radius 3 is 2.87 bits per heavy atom. The van der Waals surface area contributed by atoms with Crippen LogP contribution in [0.2, 0.25) is 0 Å². The first-order valence-electron chi connectivity index (χ1n) is 10.0. The number of anilines is 1. The molecule has 0 radical (unpaired) electrons. The smallest absolute Gasteiger partial charge is 0.247 e. The Morgan fingerprint density at radius 2 is 2.00 bits per heavy atom. The van der Waals surface area contributed by atoms with Gasteiger partial charge in [0.2, 0.25) is 17.3 Å².